The Labute approximate surface area is 126 Å². The fraction of sp³-hybridized carbons (Fsp3) is 0.588. The molecule has 1 aliphatic carbocycles. The topological polar surface area (TPSA) is 47.6 Å². The first kappa shape index (κ1) is 15.8. The molecule has 0 heterocycles. The highest BCUT2D eigenvalue weighted by Crippen LogP contribution is 2.41. The van der Waals surface area contributed by atoms with Crippen LogP contribution in [0, 0.1) is 5.92 Å². The van der Waals surface area contributed by atoms with Crippen molar-refractivity contribution in [3.05, 3.63) is 29.8 Å². The zero-order valence-electron chi connectivity index (χ0n) is 13.3. The third-order valence-electron chi connectivity index (χ3n) is 4.25. The predicted molar refractivity (Wildman–Crippen MR) is 82.5 cm³/mol. The third-order valence-corrected chi connectivity index (χ3v) is 4.25. The zero-order valence-corrected chi connectivity index (χ0v) is 13.3. The summed E-state index contributed by atoms with van der Waals surface area (Å²) in [6.07, 6.45) is 2.06. The highest BCUT2D eigenvalue weighted by molar-refractivity contribution is 5.76. The first-order chi connectivity index (χ1) is 10.1. The molecule has 0 spiro atoms. The average molecular weight is 291 g/mol. The van der Waals surface area contributed by atoms with Crippen LogP contribution >= 0.6 is 0 Å². The quantitative estimate of drug-likeness (QED) is 0.819. The van der Waals surface area contributed by atoms with Crippen molar-refractivity contribution in [2.45, 2.75) is 44.7 Å². The van der Waals surface area contributed by atoms with Gasteiger partial charge >= 0.3 is 5.97 Å². The summed E-state index contributed by atoms with van der Waals surface area (Å²) in [6, 6.07) is 8.30. The number of carbonyl (C=O) groups excluding carboxylic acids is 1. The van der Waals surface area contributed by atoms with Crippen LogP contribution in [0.25, 0.3) is 0 Å². The van der Waals surface area contributed by atoms with Crippen LogP contribution in [-0.2, 0) is 9.53 Å². The van der Waals surface area contributed by atoms with Crippen molar-refractivity contribution < 1.29 is 14.3 Å². The molecule has 1 N–H and O–H groups in total. The molecule has 116 valence electrons. The predicted octanol–water partition coefficient (Wildman–Crippen LogP) is 2.73. The van der Waals surface area contributed by atoms with Crippen LogP contribution in [0.3, 0.4) is 0 Å². The maximum absolute atomic E-state index is 11.8. The number of rotatable bonds is 6. The number of hydrogen-bond acceptors (Lipinski definition) is 4. The number of esters is 1. The van der Waals surface area contributed by atoms with Gasteiger partial charge in [-0.25, -0.2) is 0 Å². The molecule has 0 saturated heterocycles. The Hall–Kier alpha value is -1.55. The normalized spacial score (nSPS) is 22.5. The lowest BCUT2D eigenvalue weighted by molar-refractivity contribution is -0.144. The van der Waals surface area contributed by atoms with Gasteiger partial charge in [-0.15, -0.1) is 0 Å². The number of methoxy groups -OCH3 is 2. The molecule has 0 aromatic heterocycles. The zero-order chi connectivity index (χ0) is 15.4. The lowest BCUT2D eigenvalue weighted by Crippen LogP contribution is -2.51. The summed E-state index contributed by atoms with van der Waals surface area (Å²) in [4.78, 5) is 11.8. The number of para-hydroxylation sites is 1. The summed E-state index contributed by atoms with van der Waals surface area (Å²) in [6.45, 7) is 4.07. The van der Waals surface area contributed by atoms with Crippen molar-refractivity contribution in [3.8, 4) is 5.75 Å². The highest BCUT2D eigenvalue weighted by atomic mass is 16.5. The van der Waals surface area contributed by atoms with E-state index in [1.807, 2.05) is 32.0 Å². The minimum Gasteiger partial charge on any atom is -0.496 e. The van der Waals surface area contributed by atoms with E-state index in [4.69, 9.17) is 9.47 Å². The Morgan fingerprint density at radius 3 is 2.48 bits per heavy atom. The third kappa shape index (κ3) is 3.56. The van der Waals surface area contributed by atoms with Gasteiger partial charge in [0.25, 0.3) is 0 Å². The van der Waals surface area contributed by atoms with E-state index in [-0.39, 0.29) is 17.9 Å². The van der Waals surface area contributed by atoms with Gasteiger partial charge in [-0.1, -0.05) is 32.0 Å². The minimum atomic E-state index is -0.224. The molecule has 0 unspecified atom stereocenters. The molecule has 1 aromatic carbocycles. The van der Waals surface area contributed by atoms with E-state index in [0.29, 0.717) is 12.0 Å². The molecule has 0 aliphatic heterocycles. The lowest BCUT2D eigenvalue weighted by Gasteiger charge is -2.39. The molecule has 2 rings (SSSR count). The Balaban J connectivity index is 1.93. The Kier molecular flexibility index (Phi) is 5.23. The van der Waals surface area contributed by atoms with Gasteiger partial charge < -0.3 is 14.8 Å². The molecule has 0 bridgehead atoms. The van der Waals surface area contributed by atoms with E-state index in [9.17, 15) is 4.79 Å². The molecule has 4 heteroatoms. The fourth-order valence-electron chi connectivity index (χ4n) is 2.93. The molecular weight excluding hydrogens is 266 g/mol. The van der Waals surface area contributed by atoms with Crippen molar-refractivity contribution in [1.29, 1.82) is 0 Å². The molecule has 1 aliphatic rings. The standard InChI is InChI=1S/C17H25NO3/c1-11(2)16(17(19)21-4)18-13-9-12(10-13)14-7-5-6-8-15(14)20-3/h5-8,11-13,16,18H,9-10H2,1-4H3/t12?,13?,16-/m0/s1. The fourth-order valence-corrected chi connectivity index (χ4v) is 2.93. The molecule has 4 nitrogen and oxygen atoms in total. The number of benzene rings is 1. The summed E-state index contributed by atoms with van der Waals surface area (Å²) < 4.78 is 10.3. The Bertz CT molecular complexity index is 481. The van der Waals surface area contributed by atoms with Gasteiger partial charge in [-0.05, 0) is 36.3 Å². The van der Waals surface area contributed by atoms with Gasteiger partial charge in [0.05, 0.1) is 14.2 Å². The Morgan fingerprint density at radius 2 is 1.90 bits per heavy atom. The van der Waals surface area contributed by atoms with Crippen LogP contribution in [0.15, 0.2) is 24.3 Å². The second-order valence-corrected chi connectivity index (χ2v) is 6.02. The lowest BCUT2D eigenvalue weighted by atomic mass is 9.75. The SMILES string of the molecule is COC(=O)[C@@H](NC1CC(c2ccccc2OC)C1)C(C)C. The van der Waals surface area contributed by atoms with Gasteiger partial charge in [0.15, 0.2) is 0 Å². The van der Waals surface area contributed by atoms with Crippen LogP contribution in [0.1, 0.15) is 38.2 Å². The van der Waals surface area contributed by atoms with Crippen LogP contribution in [0.4, 0.5) is 0 Å². The molecule has 21 heavy (non-hydrogen) atoms. The monoisotopic (exact) mass is 291 g/mol. The summed E-state index contributed by atoms with van der Waals surface area (Å²) in [5.74, 6) is 1.51. The van der Waals surface area contributed by atoms with Crippen molar-refractivity contribution >= 4 is 5.97 Å². The number of hydrogen-bond donors (Lipinski definition) is 1. The first-order valence-corrected chi connectivity index (χ1v) is 7.53. The number of nitrogens with one attached hydrogen (secondary N) is 1. The first-order valence-electron chi connectivity index (χ1n) is 7.53. The molecule has 0 amide bonds. The van der Waals surface area contributed by atoms with E-state index < -0.39 is 0 Å². The van der Waals surface area contributed by atoms with Crippen LogP contribution < -0.4 is 10.1 Å². The maximum Gasteiger partial charge on any atom is 0.323 e. The molecule has 1 fully saturated rings. The highest BCUT2D eigenvalue weighted by Gasteiger charge is 2.35. The van der Waals surface area contributed by atoms with Crippen LogP contribution in [0.5, 0.6) is 5.75 Å². The van der Waals surface area contributed by atoms with Gasteiger partial charge in [-0.3, -0.25) is 4.79 Å². The summed E-state index contributed by atoms with van der Waals surface area (Å²) in [5.41, 5.74) is 1.26. The molecule has 1 atom stereocenters. The van der Waals surface area contributed by atoms with Crippen molar-refractivity contribution in [2.75, 3.05) is 14.2 Å². The van der Waals surface area contributed by atoms with Gasteiger partial charge in [-0.2, -0.15) is 0 Å². The van der Waals surface area contributed by atoms with Crippen LogP contribution in [0.2, 0.25) is 0 Å². The van der Waals surface area contributed by atoms with E-state index in [1.165, 1.54) is 12.7 Å². The van der Waals surface area contributed by atoms with Crippen molar-refractivity contribution in [3.63, 3.8) is 0 Å². The van der Waals surface area contributed by atoms with E-state index in [2.05, 4.69) is 11.4 Å². The summed E-state index contributed by atoms with van der Waals surface area (Å²) in [7, 11) is 3.15. The van der Waals surface area contributed by atoms with Gasteiger partial charge in [0.2, 0.25) is 0 Å². The molecule has 0 radical (unpaired) electrons. The van der Waals surface area contributed by atoms with Crippen molar-refractivity contribution in [2.24, 2.45) is 5.92 Å². The maximum atomic E-state index is 11.8. The van der Waals surface area contributed by atoms with Gasteiger partial charge in [0, 0.05) is 6.04 Å². The van der Waals surface area contributed by atoms with E-state index >= 15 is 0 Å². The summed E-state index contributed by atoms with van der Waals surface area (Å²) >= 11 is 0. The van der Waals surface area contributed by atoms with Crippen LogP contribution in [-0.4, -0.2) is 32.3 Å². The number of carbonyl (C=O) groups is 1. The largest absolute Gasteiger partial charge is 0.496 e. The Morgan fingerprint density at radius 1 is 1.24 bits per heavy atom. The molecular formula is C17H25NO3. The molecule has 1 aromatic rings. The average Bonchev–Trinajstić information content (AvgIpc) is 2.45. The summed E-state index contributed by atoms with van der Waals surface area (Å²) in [5, 5.41) is 3.43. The number of ether oxygens (including phenoxy) is 2. The van der Waals surface area contributed by atoms with Crippen molar-refractivity contribution in [1.82, 2.24) is 5.32 Å². The van der Waals surface area contributed by atoms with E-state index in [1.54, 1.807) is 7.11 Å². The minimum absolute atomic E-state index is 0.175. The molecule has 1 saturated carbocycles. The van der Waals surface area contributed by atoms with Gasteiger partial charge in [0.1, 0.15) is 11.8 Å². The second kappa shape index (κ2) is 6.94. The second-order valence-electron chi connectivity index (χ2n) is 6.02. The smallest absolute Gasteiger partial charge is 0.323 e. The van der Waals surface area contributed by atoms with E-state index in [0.717, 1.165) is 18.6 Å².